The van der Waals surface area contributed by atoms with E-state index in [0.717, 1.165) is 12.2 Å². The summed E-state index contributed by atoms with van der Waals surface area (Å²) in [5, 5.41) is 9.14. The van der Waals surface area contributed by atoms with E-state index in [0.29, 0.717) is 6.42 Å². The molecule has 3 nitrogen and oxygen atoms in total. The molecule has 2 unspecified atom stereocenters. The molecule has 0 spiro atoms. The van der Waals surface area contributed by atoms with Gasteiger partial charge in [0.05, 0.1) is 6.10 Å². The lowest BCUT2D eigenvalue weighted by molar-refractivity contribution is 0.242. The fraction of sp³-hybridized carbons (Fsp3) is 0.600. The molecule has 0 aromatic heterocycles. The van der Waals surface area contributed by atoms with Crippen molar-refractivity contribution >= 4 is 0 Å². The predicted molar refractivity (Wildman–Crippen MR) is 74.9 cm³/mol. The Kier molecular flexibility index (Phi) is 6.16. The molecule has 0 fully saturated rings. The number of nitrogens with two attached hydrogens (primary N) is 1. The normalized spacial score (nSPS) is 14.6. The van der Waals surface area contributed by atoms with Gasteiger partial charge >= 0.3 is 0 Å². The van der Waals surface area contributed by atoms with Crippen molar-refractivity contribution in [2.75, 3.05) is 6.61 Å². The molecule has 0 radical (unpaired) electrons. The van der Waals surface area contributed by atoms with Gasteiger partial charge < -0.3 is 15.6 Å². The second-order valence-corrected chi connectivity index (χ2v) is 4.93. The van der Waals surface area contributed by atoms with Crippen molar-refractivity contribution < 1.29 is 9.84 Å². The van der Waals surface area contributed by atoms with Gasteiger partial charge in [0.2, 0.25) is 0 Å². The van der Waals surface area contributed by atoms with Crippen LogP contribution in [0.3, 0.4) is 0 Å². The molecule has 0 bridgehead atoms. The summed E-state index contributed by atoms with van der Waals surface area (Å²) in [5.74, 6) is 1.09. The van der Waals surface area contributed by atoms with E-state index in [1.54, 1.807) is 0 Å². The zero-order chi connectivity index (χ0) is 13.5. The van der Waals surface area contributed by atoms with E-state index in [-0.39, 0.29) is 24.7 Å². The van der Waals surface area contributed by atoms with Gasteiger partial charge in [0.1, 0.15) is 5.75 Å². The Balaban J connectivity index is 2.79. The topological polar surface area (TPSA) is 55.5 Å². The van der Waals surface area contributed by atoms with Gasteiger partial charge in [-0.05, 0) is 44.4 Å². The Labute approximate surface area is 110 Å². The maximum Gasteiger partial charge on any atom is 0.119 e. The quantitative estimate of drug-likeness (QED) is 0.783. The minimum Gasteiger partial charge on any atom is -0.491 e. The third kappa shape index (κ3) is 4.31. The Bertz CT molecular complexity index is 335. The molecule has 18 heavy (non-hydrogen) atoms. The smallest absolute Gasteiger partial charge is 0.119 e. The summed E-state index contributed by atoms with van der Waals surface area (Å²) in [6.07, 6.45) is 1.80. The monoisotopic (exact) mass is 251 g/mol. The highest BCUT2D eigenvalue weighted by Crippen LogP contribution is 2.26. The first-order chi connectivity index (χ1) is 8.58. The van der Waals surface area contributed by atoms with Gasteiger partial charge in [-0.3, -0.25) is 0 Å². The number of aliphatic hydroxyl groups excluding tert-OH is 1. The maximum absolute atomic E-state index is 9.14. The van der Waals surface area contributed by atoms with Crippen LogP contribution in [0.15, 0.2) is 24.3 Å². The zero-order valence-electron chi connectivity index (χ0n) is 11.6. The van der Waals surface area contributed by atoms with E-state index in [1.807, 2.05) is 38.1 Å². The first-order valence-electron chi connectivity index (χ1n) is 6.71. The van der Waals surface area contributed by atoms with Crippen LogP contribution in [-0.2, 0) is 0 Å². The molecule has 1 rings (SSSR count). The molecule has 3 heteroatoms. The lowest BCUT2D eigenvalue weighted by Crippen LogP contribution is -2.28. The summed E-state index contributed by atoms with van der Waals surface area (Å²) in [6.45, 7) is 6.26. The number of hydrogen-bond donors (Lipinski definition) is 2. The van der Waals surface area contributed by atoms with Gasteiger partial charge in [0.25, 0.3) is 0 Å². The van der Waals surface area contributed by atoms with Crippen LogP contribution >= 0.6 is 0 Å². The summed E-state index contributed by atoms with van der Waals surface area (Å²) in [4.78, 5) is 0. The average Bonchev–Trinajstić information content (AvgIpc) is 2.35. The molecular formula is C15H25NO2. The SMILES string of the molecule is CCC(N)C(CCO)c1ccc(OC(C)C)cc1. The van der Waals surface area contributed by atoms with Crippen molar-refractivity contribution in [1.82, 2.24) is 0 Å². The van der Waals surface area contributed by atoms with Gasteiger partial charge in [-0.15, -0.1) is 0 Å². The van der Waals surface area contributed by atoms with Crippen LogP contribution in [0.1, 0.15) is 45.1 Å². The third-order valence-corrected chi connectivity index (χ3v) is 3.11. The molecule has 3 N–H and O–H groups in total. The molecule has 0 heterocycles. The van der Waals surface area contributed by atoms with Crippen molar-refractivity contribution in [3.63, 3.8) is 0 Å². The molecule has 1 aromatic carbocycles. The highest BCUT2D eigenvalue weighted by atomic mass is 16.5. The molecule has 2 atom stereocenters. The zero-order valence-corrected chi connectivity index (χ0v) is 11.6. The van der Waals surface area contributed by atoms with Crippen molar-refractivity contribution in [3.05, 3.63) is 29.8 Å². The Morgan fingerprint density at radius 2 is 1.83 bits per heavy atom. The molecule has 0 aliphatic carbocycles. The average molecular weight is 251 g/mol. The fourth-order valence-electron chi connectivity index (χ4n) is 2.12. The van der Waals surface area contributed by atoms with Crippen LogP contribution in [0.5, 0.6) is 5.75 Å². The maximum atomic E-state index is 9.14. The summed E-state index contributed by atoms with van der Waals surface area (Å²) in [6, 6.07) is 8.14. The van der Waals surface area contributed by atoms with Gasteiger partial charge in [0.15, 0.2) is 0 Å². The first kappa shape index (κ1) is 15.0. The molecule has 102 valence electrons. The van der Waals surface area contributed by atoms with Gasteiger partial charge in [-0.1, -0.05) is 19.1 Å². The standard InChI is InChI=1S/C15H25NO2/c1-4-15(16)14(9-10-17)12-5-7-13(8-6-12)18-11(2)3/h5-8,11,14-15,17H,4,9-10,16H2,1-3H3. The highest BCUT2D eigenvalue weighted by molar-refractivity contribution is 5.30. The Hall–Kier alpha value is -1.06. The van der Waals surface area contributed by atoms with E-state index < -0.39 is 0 Å². The molecule has 0 saturated heterocycles. The number of benzene rings is 1. The van der Waals surface area contributed by atoms with Crippen LogP contribution in [0.25, 0.3) is 0 Å². The van der Waals surface area contributed by atoms with Crippen molar-refractivity contribution in [2.24, 2.45) is 5.73 Å². The molecule has 0 saturated carbocycles. The van der Waals surface area contributed by atoms with Crippen LogP contribution in [-0.4, -0.2) is 23.9 Å². The van der Waals surface area contributed by atoms with Gasteiger partial charge in [-0.2, -0.15) is 0 Å². The van der Waals surface area contributed by atoms with Crippen molar-refractivity contribution in [3.8, 4) is 5.75 Å². The molecular weight excluding hydrogens is 226 g/mol. The summed E-state index contributed by atoms with van der Waals surface area (Å²) < 4.78 is 5.62. The highest BCUT2D eigenvalue weighted by Gasteiger charge is 2.17. The predicted octanol–water partition coefficient (Wildman–Crippen LogP) is 2.68. The van der Waals surface area contributed by atoms with Crippen LogP contribution in [0, 0.1) is 0 Å². The minimum absolute atomic E-state index is 0.0917. The van der Waals surface area contributed by atoms with E-state index in [2.05, 4.69) is 6.92 Å². The molecule has 0 aliphatic rings. The van der Waals surface area contributed by atoms with E-state index in [4.69, 9.17) is 15.6 Å². The second kappa shape index (κ2) is 7.39. The summed E-state index contributed by atoms with van der Waals surface area (Å²) in [7, 11) is 0. The molecule has 1 aromatic rings. The first-order valence-corrected chi connectivity index (χ1v) is 6.71. The molecule has 0 aliphatic heterocycles. The van der Waals surface area contributed by atoms with Gasteiger partial charge in [0, 0.05) is 18.6 Å². The number of rotatable bonds is 7. The lowest BCUT2D eigenvalue weighted by atomic mass is 9.88. The molecule has 0 amide bonds. The Morgan fingerprint density at radius 1 is 1.22 bits per heavy atom. The van der Waals surface area contributed by atoms with Crippen molar-refractivity contribution in [1.29, 1.82) is 0 Å². The number of aliphatic hydroxyl groups is 1. The van der Waals surface area contributed by atoms with Crippen molar-refractivity contribution in [2.45, 2.75) is 51.7 Å². The van der Waals surface area contributed by atoms with E-state index in [9.17, 15) is 0 Å². The second-order valence-electron chi connectivity index (χ2n) is 4.93. The minimum atomic E-state index is 0.0917. The van der Waals surface area contributed by atoms with Gasteiger partial charge in [-0.25, -0.2) is 0 Å². The number of hydrogen-bond acceptors (Lipinski definition) is 3. The van der Waals surface area contributed by atoms with E-state index in [1.165, 1.54) is 5.56 Å². The fourth-order valence-corrected chi connectivity index (χ4v) is 2.12. The van der Waals surface area contributed by atoms with E-state index >= 15 is 0 Å². The lowest BCUT2D eigenvalue weighted by Gasteiger charge is -2.23. The van der Waals surface area contributed by atoms with Crippen LogP contribution in [0.2, 0.25) is 0 Å². The summed E-state index contributed by atoms with van der Waals surface area (Å²) in [5.41, 5.74) is 7.29. The van der Waals surface area contributed by atoms with Crippen LogP contribution in [0.4, 0.5) is 0 Å². The number of ether oxygens (including phenoxy) is 1. The van der Waals surface area contributed by atoms with Crippen LogP contribution < -0.4 is 10.5 Å². The summed E-state index contributed by atoms with van der Waals surface area (Å²) >= 11 is 0. The largest absolute Gasteiger partial charge is 0.491 e. The third-order valence-electron chi connectivity index (χ3n) is 3.11. The Morgan fingerprint density at radius 3 is 2.28 bits per heavy atom.